The molecule has 3 atom stereocenters. The molecule has 0 aromatic rings. The maximum atomic E-state index is 12.0. The quantitative estimate of drug-likeness (QED) is 0.318. The van der Waals surface area contributed by atoms with Gasteiger partial charge in [0.1, 0.15) is 0 Å². The van der Waals surface area contributed by atoms with Gasteiger partial charge in [0.05, 0.1) is 6.10 Å². The highest BCUT2D eigenvalue weighted by atomic mass is 31.2. The molecule has 1 rings (SSSR count). The Morgan fingerprint density at radius 3 is 2.71 bits per heavy atom. The topological polar surface area (TPSA) is 61.8 Å². The highest BCUT2D eigenvalue weighted by molar-refractivity contribution is 7.59. The van der Waals surface area contributed by atoms with Crippen LogP contribution in [0.3, 0.4) is 0 Å². The van der Waals surface area contributed by atoms with Crippen molar-refractivity contribution in [2.45, 2.75) is 32.0 Å². The molecular formula is C11H19O5P. The Hall–Kier alpha value is -0.800. The standard InChI is InChI=1S/C11H19O5P/c1-5-9-6-10(9)17(4,13)15-7-14-11(12)16-8(2)3/h5,8-10H,1,6-7H2,2-4H3/t9-,10+,17?/m1/s1. The third kappa shape index (κ3) is 4.52. The normalized spacial score (nSPS) is 26.1. The Morgan fingerprint density at radius 1 is 1.59 bits per heavy atom. The van der Waals surface area contributed by atoms with Crippen molar-refractivity contribution >= 4 is 13.5 Å². The van der Waals surface area contributed by atoms with Crippen LogP contribution in [-0.4, -0.2) is 31.4 Å². The predicted molar refractivity (Wildman–Crippen MR) is 64.3 cm³/mol. The van der Waals surface area contributed by atoms with Gasteiger partial charge in [0.2, 0.25) is 14.2 Å². The Morgan fingerprint density at radius 2 is 2.24 bits per heavy atom. The van der Waals surface area contributed by atoms with Crippen molar-refractivity contribution in [2.24, 2.45) is 5.92 Å². The molecule has 0 aromatic carbocycles. The molecule has 6 heteroatoms. The van der Waals surface area contributed by atoms with Crippen LogP contribution in [-0.2, 0) is 18.6 Å². The summed E-state index contributed by atoms with van der Waals surface area (Å²) in [6.07, 6.45) is 1.55. The van der Waals surface area contributed by atoms with Gasteiger partial charge < -0.3 is 9.47 Å². The summed E-state index contributed by atoms with van der Waals surface area (Å²) >= 11 is 0. The summed E-state index contributed by atoms with van der Waals surface area (Å²) in [6.45, 7) is 8.29. The Bertz CT molecular complexity index is 339. The molecule has 0 aliphatic heterocycles. The molecule has 0 N–H and O–H groups in total. The van der Waals surface area contributed by atoms with Crippen molar-refractivity contribution in [3.63, 3.8) is 0 Å². The van der Waals surface area contributed by atoms with Gasteiger partial charge in [-0.25, -0.2) is 4.79 Å². The molecule has 0 saturated heterocycles. The Kier molecular flexibility index (Phi) is 4.78. The molecule has 1 saturated carbocycles. The molecule has 1 aliphatic rings. The van der Waals surface area contributed by atoms with Gasteiger partial charge in [-0.2, -0.15) is 0 Å². The van der Waals surface area contributed by atoms with Gasteiger partial charge in [-0.1, -0.05) is 6.08 Å². The zero-order chi connectivity index (χ0) is 13.1. The molecule has 5 nitrogen and oxygen atoms in total. The van der Waals surface area contributed by atoms with E-state index in [0.717, 1.165) is 6.42 Å². The average Bonchev–Trinajstić information content (AvgIpc) is 2.95. The van der Waals surface area contributed by atoms with Crippen molar-refractivity contribution in [3.05, 3.63) is 12.7 Å². The van der Waals surface area contributed by atoms with Crippen LogP contribution in [0.4, 0.5) is 4.79 Å². The van der Waals surface area contributed by atoms with Gasteiger partial charge in [0.25, 0.3) is 0 Å². The van der Waals surface area contributed by atoms with Crippen LogP contribution in [0.1, 0.15) is 20.3 Å². The zero-order valence-electron chi connectivity index (χ0n) is 10.4. The lowest BCUT2D eigenvalue weighted by Gasteiger charge is -2.14. The molecule has 1 unspecified atom stereocenters. The van der Waals surface area contributed by atoms with Crippen molar-refractivity contribution in [1.29, 1.82) is 0 Å². The maximum absolute atomic E-state index is 12.0. The molecule has 0 aromatic heterocycles. The van der Waals surface area contributed by atoms with E-state index in [-0.39, 0.29) is 24.5 Å². The zero-order valence-corrected chi connectivity index (χ0v) is 11.3. The first-order valence-corrected chi connectivity index (χ1v) is 7.68. The maximum Gasteiger partial charge on any atom is 0.510 e. The molecule has 1 fully saturated rings. The van der Waals surface area contributed by atoms with Crippen molar-refractivity contribution < 1.29 is 23.4 Å². The fourth-order valence-corrected chi connectivity index (χ4v) is 3.39. The third-order valence-corrected chi connectivity index (χ3v) is 4.94. The second-order valence-electron chi connectivity index (χ2n) is 4.42. The van der Waals surface area contributed by atoms with Gasteiger partial charge in [0, 0.05) is 12.3 Å². The second kappa shape index (κ2) is 5.69. The summed E-state index contributed by atoms with van der Waals surface area (Å²) in [7, 11) is -2.72. The largest absolute Gasteiger partial charge is 0.510 e. The first kappa shape index (κ1) is 14.3. The summed E-state index contributed by atoms with van der Waals surface area (Å²) in [5.74, 6) is 0.258. The molecule has 0 spiro atoms. The van der Waals surface area contributed by atoms with Gasteiger partial charge in [-0.3, -0.25) is 9.09 Å². The van der Waals surface area contributed by atoms with Crippen molar-refractivity contribution in [3.8, 4) is 0 Å². The van der Waals surface area contributed by atoms with E-state index >= 15 is 0 Å². The molecule has 17 heavy (non-hydrogen) atoms. The summed E-state index contributed by atoms with van der Waals surface area (Å²) in [6, 6.07) is 0. The first-order valence-electron chi connectivity index (χ1n) is 5.54. The summed E-state index contributed by atoms with van der Waals surface area (Å²) in [5, 5.41) is 0. The number of ether oxygens (including phenoxy) is 2. The number of hydrogen-bond donors (Lipinski definition) is 0. The number of allylic oxidation sites excluding steroid dienone is 1. The van der Waals surface area contributed by atoms with Gasteiger partial charge in [-0.15, -0.1) is 6.58 Å². The van der Waals surface area contributed by atoms with Crippen LogP contribution < -0.4 is 0 Å². The van der Waals surface area contributed by atoms with Crippen LogP contribution >= 0.6 is 7.37 Å². The highest BCUT2D eigenvalue weighted by Gasteiger charge is 2.47. The lowest BCUT2D eigenvalue weighted by molar-refractivity contribution is -0.00701. The first-order chi connectivity index (χ1) is 7.86. The minimum absolute atomic E-state index is 0.0183. The minimum Gasteiger partial charge on any atom is -0.432 e. The number of rotatable bonds is 6. The Labute approximate surface area is 102 Å². The van der Waals surface area contributed by atoms with Crippen LogP contribution in [0.25, 0.3) is 0 Å². The predicted octanol–water partition coefficient (Wildman–Crippen LogP) is 3.00. The van der Waals surface area contributed by atoms with Crippen LogP contribution in [0.15, 0.2) is 12.7 Å². The molecule has 98 valence electrons. The van der Waals surface area contributed by atoms with Gasteiger partial charge in [-0.05, 0) is 26.2 Å². The lowest BCUT2D eigenvalue weighted by atomic mass is 10.4. The molecule has 0 radical (unpaired) electrons. The lowest BCUT2D eigenvalue weighted by Crippen LogP contribution is -2.14. The highest BCUT2D eigenvalue weighted by Crippen LogP contribution is 2.62. The van der Waals surface area contributed by atoms with E-state index in [0.29, 0.717) is 0 Å². The van der Waals surface area contributed by atoms with E-state index in [9.17, 15) is 9.36 Å². The molecule has 0 heterocycles. The Balaban J connectivity index is 2.24. The van der Waals surface area contributed by atoms with Crippen molar-refractivity contribution in [1.82, 2.24) is 0 Å². The van der Waals surface area contributed by atoms with Crippen LogP contribution in [0.2, 0.25) is 0 Å². The number of carbonyl (C=O) groups excluding carboxylic acids is 1. The minimum atomic E-state index is -2.72. The number of carbonyl (C=O) groups is 1. The molecular weight excluding hydrogens is 243 g/mol. The van der Waals surface area contributed by atoms with E-state index in [1.165, 1.54) is 0 Å². The van der Waals surface area contributed by atoms with Gasteiger partial charge >= 0.3 is 6.16 Å². The average molecular weight is 262 g/mol. The third-order valence-electron chi connectivity index (χ3n) is 2.53. The van der Waals surface area contributed by atoms with E-state index in [2.05, 4.69) is 11.3 Å². The second-order valence-corrected chi connectivity index (χ2v) is 7.16. The van der Waals surface area contributed by atoms with Crippen LogP contribution in [0.5, 0.6) is 0 Å². The van der Waals surface area contributed by atoms with Crippen molar-refractivity contribution in [2.75, 3.05) is 13.5 Å². The van der Waals surface area contributed by atoms with E-state index < -0.39 is 13.5 Å². The summed E-state index contributed by atoms with van der Waals surface area (Å²) in [4.78, 5) is 11.0. The molecule has 1 aliphatic carbocycles. The SMILES string of the molecule is C=C[C@@H]1C[C@@H]1P(C)(=O)OCOC(=O)OC(C)C. The fraction of sp³-hybridized carbons (Fsp3) is 0.727. The monoisotopic (exact) mass is 262 g/mol. The van der Waals surface area contributed by atoms with E-state index in [1.807, 2.05) is 0 Å². The van der Waals surface area contributed by atoms with Crippen LogP contribution in [0, 0.1) is 5.92 Å². The van der Waals surface area contributed by atoms with E-state index in [1.54, 1.807) is 26.6 Å². The summed E-state index contributed by atoms with van der Waals surface area (Å²) in [5.41, 5.74) is 0.0183. The fourth-order valence-electron chi connectivity index (χ4n) is 1.49. The van der Waals surface area contributed by atoms with Gasteiger partial charge in [0.15, 0.2) is 0 Å². The molecule has 0 bridgehead atoms. The molecule has 0 amide bonds. The smallest absolute Gasteiger partial charge is 0.432 e. The summed E-state index contributed by atoms with van der Waals surface area (Å²) < 4.78 is 26.6. The van der Waals surface area contributed by atoms with E-state index in [4.69, 9.17) is 9.26 Å². The number of hydrogen-bond acceptors (Lipinski definition) is 5.